The summed E-state index contributed by atoms with van der Waals surface area (Å²) in [5.74, 6) is 0.489. The molecule has 0 amide bonds. The van der Waals surface area contributed by atoms with Crippen molar-refractivity contribution >= 4 is 17.3 Å². The molecule has 100 valence electrons. The monoisotopic (exact) mass is 250 g/mol. The number of ether oxygens (including phenoxy) is 1. The minimum absolute atomic E-state index is 0.489. The summed E-state index contributed by atoms with van der Waals surface area (Å²) in [5.41, 5.74) is 7.75. The molecule has 0 aromatic heterocycles. The van der Waals surface area contributed by atoms with Crippen LogP contribution in [0.25, 0.3) is 0 Å². The topological polar surface area (TPSA) is 54.1 Å². The van der Waals surface area contributed by atoms with E-state index in [1.54, 1.807) is 12.0 Å². The average Bonchev–Trinajstić information content (AvgIpc) is 2.36. The fraction of sp³-hybridized carbons (Fsp3) is 0.462. The average molecular weight is 250 g/mol. The van der Waals surface area contributed by atoms with Gasteiger partial charge >= 0.3 is 0 Å². The smallest absolute Gasteiger partial charge is 0.196 e. The van der Waals surface area contributed by atoms with E-state index in [0.29, 0.717) is 12.6 Å². The first-order valence-electron chi connectivity index (χ1n) is 5.87. The molecule has 1 aromatic carbocycles. The maximum absolute atomic E-state index is 5.85. The summed E-state index contributed by atoms with van der Waals surface area (Å²) in [6.07, 6.45) is 0. The van der Waals surface area contributed by atoms with Gasteiger partial charge in [0.05, 0.1) is 18.0 Å². The van der Waals surface area contributed by atoms with Gasteiger partial charge in [0.1, 0.15) is 0 Å². The van der Waals surface area contributed by atoms with Gasteiger partial charge in [0, 0.05) is 34.8 Å². The molecule has 0 atom stereocenters. The zero-order chi connectivity index (χ0) is 13.5. The van der Waals surface area contributed by atoms with Crippen molar-refractivity contribution in [1.82, 2.24) is 4.90 Å². The highest BCUT2D eigenvalue weighted by Gasteiger charge is 2.07. The van der Waals surface area contributed by atoms with Gasteiger partial charge in [-0.1, -0.05) is 12.1 Å². The molecule has 0 saturated carbocycles. The van der Waals surface area contributed by atoms with Crippen molar-refractivity contribution < 1.29 is 4.74 Å². The highest BCUT2D eigenvalue weighted by Crippen LogP contribution is 2.27. The van der Waals surface area contributed by atoms with Crippen molar-refractivity contribution in [3.05, 3.63) is 24.3 Å². The Labute approximate surface area is 109 Å². The summed E-state index contributed by atoms with van der Waals surface area (Å²) in [6, 6.07) is 7.92. The zero-order valence-corrected chi connectivity index (χ0v) is 11.6. The second kappa shape index (κ2) is 6.86. The van der Waals surface area contributed by atoms with E-state index in [4.69, 9.17) is 10.5 Å². The normalized spacial score (nSPS) is 11.4. The molecule has 18 heavy (non-hydrogen) atoms. The standard InChI is InChI=1S/C13H22N4O/c1-16(2)13(14)15-11-7-5-6-8-12(11)17(3)9-10-18-4/h5-8H,9-10H2,1-4H3,(H2,14,15). The molecule has 2 N–H and O–H groups in total. The molecule has 1 aromatic rings. The van der Waals surface area contributed by atoms with Gasteiger partial charge in [-0.05, 0) is 12.1 Å². The maximum atomic E-state index is 5.85. The molecule has 0 bridgehead atoms. The molecule has 0 aliphatic rings. The van der Waals surface area contributed by atoms with Crippen molar-refractivity contribution in [3.63, 3.8) is 0 Å². The molecule has 5 nitrogen and oxygen atoms in total. The van der Waals surface area contributed by atoms with Crippen LogP contribution in [0.4, 0.5) is 11.4 Å². The maximum Gasteiger partial charge on any atom is 0.196 e. The van der Waals surface area contributed by atoms with Crippen molar-refractivity contribution in [3.8, 4) is 0 Å². The first-order valence-corrected chi connectivity index (χ1v) is 5.87. The van der Waals surface area contributed by atoms with Gasteiger partial charge in [0.25, 0.3) is 0 Å². The number of rotatable bonds is 5. The lowest BCUT2D eigenvalue weighted by Gasteiger charge is -2.21. The Morgan fingerprint density at radius 1 is 1.28 bits per heavy atom. The summed E-state index contributed by atoms with van der Waals surface area (Å²) in [4.78, 5) is 8.31. The first-order chi connectivity index (χ1) is 8.56. The van der Waals surface area contributed by atoms with Gasteiger partial charge in [-0.15, -0.1) is 0 Å². The molecule has 0 radical (unpaired) electrons. The molecule has 0 saturated heterocycles. The first kappa shape index (κ1) is 14.3. The largest absolute Gasteiger partial charge is 0.383 e. The minimum Gasteiger partial charge on any atom is -0.383 e. The fourth-order valence-corrected chi connectivity index (χ4v) is 1.45. The number of nitrogens with two attached hydrogens (primary N) is 1. The Morgan fingerprint density at radius 3 is 2.56 bits per heavy atom. The molecular formula is C13H22N4O. The number of hydrogen-bond acceptors (Lipinski definition) is 3. The van der Waals surface area contributed by atoms with Crippen LogP contribution in [-0.2, 0) is 4.74 Å². The molecule has 0 aliphatic heterocycles. The molecule has 0 aliphatic carbocycles. The second-order valence-electron chi connectivity index (χ2n) is 4.27. The van der Waals surface area contributed by atoms with E-state index in [-0.39, 0.29) is 0 Å². The molecule has 0 unspecified atom stereocenters. The number of guanidine groups is 1. The summed E-state index contributed by atoms with van der Waals surface area (Å²) in [5, 5.41) is 0. The lowest BCUT2D eigenvalue weighted by molar-refractivity contribution is 0.206. The molecule has 0 heterocycles. The zero-order valence-electron chi connectivity index (χ0n) is 11.6. The lowest BCUT2D eigenvalue weighted by Crippen LogP contribution is -2.30. The van der Waals surface area contributed by atoms with Gasteiger partial charge in [-0.3, -0.25) is 0 Å². The molecule has 1 rings (SSSR count). The van der Waals surface area contributed by atoms with Crippen LogP contribution in [0, 0.1) is 0 Å². The predicted octanol–water partition coefficient (Wildman–Crippen LogP) is 1.28. The third-order valence-electron chi connectivity index (χ3n) is 2.62. The van der Waals surface area contributed by atoms with E-state index in [1.165, 1.54) is 0 Å². The third kappa shape index (κ3) is 3.92. The van der Waals surface area contributed by atoms with E-state index >= 15 is 0 Å². The number of aliphatic imine (C=N–C) groups is 1. The Bertz CT molecular complexity index is 404. The third-order valence-corrected chi connectivity index (χ3v) is 2.62. The fourth-order valence-electron chi connectivity index (χ4n) is 1.45. The summed E-state index contributed by atoms with van der Waals surface area (Å²) >= 11 is 0. The number of methoxy groups -OCH3 is 1. The predicted molar refractivity (Wildman–Crippen MR) is 76.6 cm³/mol. The Kier molecular flexibility index (Phi) is 5.45. The van der Waals surface area contributed by atoms with E-state index in [2.05, 4.69) is 9.89 Å². The summed E-state index contributed by atoms with van der Waals surface area (Å²) in [7, 11) is 7.45. The Morgan fingerprint density at radius 2 is 1.94 bits per heavy atom. The quantitative estimate of drug-likeness (QED) is 0.632. The number of anilines is 1. The van der Waals surface area contributed by atoms with Gasteiger partial charge in [-0.2, -0.15) is 0 Å². The van der Waals surface area contributed by atoms with Crippen LogP contribution in [0.2, 0.25) is 0 Å². The van der Waals surface area contributed by atoms with Crippen molar-refractivity contribution in [2.24, 2.45) is 10.7 Å². The van der Waals surface area contributed by atoms with Gasteiger partial charge < -0.3 is 20.3 Å². The molecule has 5 heteroatoms. The van der Waals surface area contributed by atoms with E-state index in [0.717, 1.165) is 17.9 Å². The SMILES string of the molecule is COCCN(C)c1ccccc1N=C(N)N(C)C. The van der Waals surface area contributed by atoms with Gasteiger partial charge in [0.2, 0.25) is 0 Å². The Balaban J connectivity index is 2.95. The van der Waals surface area contributed by atoms with Crippen molar-refractivity contribution in [2.45, 2.75) is 0 Å². The van der Waals surface area contributed by atoms with Crippen LogP contribution in [0.3, 0.4) is 0 Å². The number of nitrogens with zero attached hydrogens (tertiary/aromatic N) is 3. The van der Waals surface area contributed by atoms with Crippen LogP contribution in [0.1, 0.15) is 0 Å². The number of benzene rings is 1. The summed E-state index contributed by atoms with van der Waals surface area (Å²) < 4.78 is 5.08. The van der Waals surface area contributed by atoms with Gasteiger partial charge in [0.15, 0.2) is 5.96 Å². The molecule has 0 spiro atoms. The van der Waals surface area contributed by atoms with Crippen LogP contribution in [0.5, 0.6) is 0 Å². The Hall–Kier alpha value is -1.75. The van der Waals surface area contributed by atoms with Crippen LogP contribution < -0.4 is 10.6 Å². The van der Waals surface area contributed by atoms with Crippen molar-refractivity contribution in [2.75, 3.05) is 46.3 Å². The molecular weight excluding hydrogens is 228 g/mol. The minimum atomic E-state index is 0.489. The van der Waals surface area contributed by atoms with Crippen LogP contribution >= 0.6 is 0 Å². The number of hydrogen-bond donors (Lipinski definition) is 1. The van der Waals surface area contributed by atoms with E-state index in [9.17, 15) is 0 Å². The van der Waals surface area contributed by atoms with Gasteiger partial charge in [-0.25, -0.2) is 4.99 Å². The lowest BCUT2D eigenvalue weighted by atomic mass is 10.2. The van der Waals surface area contributed by atoms with Crippen LogP contribution in [-0.4, -0.2) is 52.3 Å². The highest BCUT2D eigenvalue weighted by atomic mass is 16.5. The van der Waals surface area contributed by atoms with E-state index in [1.807, 2.05) is 45.4 Å². The van der Waals surface area contributed by atoms with E-state index < -0.39 is 0 Å². The number of para-hydroxylation sites is 2. The van der Waals surface area contributed by atoms with Crippen molar-refractivity contribution in [1.29, 1.82) is 0 Å². The highest BCUT2D eigenvalue weighted by molar-refractivity contribution is 5.83. The number of likely N-dealkylation sites (N-methyl/N-ethyl adjacent to an activating group) is 1. The second-order valence-corrected chi connectivity index (χ2v) is 4.27. The molecule has 0 fully saturated rings. The van der Waals surface area contributed by atoms with Crippen LogP contribution in [0.15, 0.2) is 29.3 Å². The summed E-state index contributed by atoms with van der Waals surface area (Å²) in [6.45, 7) is 1.49.